The zero-order valence-electron chi connectivity index (χ0n) is 11.7. The molecule has 0 radical (unpaired) electrons. The number of fused-ring (bicyclic) bond motifs is 1. The largest absolute Gasteiger partial charge is 0.508 e. The molecule has 1 heterocycles. The highest BCUT2D eigenvalue weighted by atomic mass is 16.3. The fourth-order valence-electron chi connectivity index (χ4n) is 2.45. The smallest absolute Gasteiger partial charge is 0.323 e. The zero-order valence-corrected chi connectivity index (χ0v) is 11.7. The summed E-state index contributed by atoms with van der Waals surface area (Å²) in [6, 6.07) is 13.1. The molecule has 0 spiro atoms. The van der Waals surface area contributed by atoms with Crippen LogP contribution in [0.3, 0.4) is 0 Å². The van der Waals surface area contributed by atoms with Crippen LogP contribution in [0.1, 0.15) is 24.9 Å². The second-order valence-electron chi connectivity index (χ2n) is 5.04. The summed E-state index contributed by atoms with van der Waals surface area (Å²) in [6.07, 6.45) is 0.909. The highest BCUT2D eigenvalue weighted by Crippen LogP contribution is 2.25. The van der Waals surface area contributed by atoms with E-state index in [0.717, 1.165) is 28.7 Å². The molecule has 108 valence electrons. The summed E-state index contributed by atoms with van der Waals surface area (Å²) in [4.78, 5) is 16.8. The van der Waals surface area contributed by atoms with Crippen LogP contribution < -0.4 is 11.0 Å². The van der Waals surface area contributed by atoms with Gasteiger partial charge in [0, 0.05) is 5.69 Å². The summed E-state index contributed by atoms with van der Waals surface area (Å²) in [5.74, 6) is 0.264. The van der Waals surface area contributed by atoms with Gasteiger partial charge in [0.2, 0.25) is 0 Å². The first-order valence-corrected chi connectivity index (χ1v) is 6.93. The molecular weight excluding hydrogens is 266 g/mol. The summed E-state index contributed by atoms with van der Waals surface area (Å²) in [5, 5.41) is 12.8. The summed E-state index contributed by atoms with van der Waals surface area (Å²) in [7, 11) is 0. The third-order valence-electron chi connectivity index (χ3n) is 3.56. The second kappa shape index (κ2) is 5.36. The Kier molecular flexibility index (Phi) is 3.39. The standard InChI is InChI=1S/C16H17N3O2/c1-2-13(10-3-6-12(20)7-4-10)17-11-5-8-14-15(9-11)19-16(21)18-14/h3-9,13,17,20H,2H2,1H3,(H2,18,19,21). The molecule has 0 saturated heterocycles. The molecule has 3 aromatic rings. The van der Waals surface area contributed by atoms with Crippen molar-refractivity contribution in [2.45, 2.75) is 19.4 Å². The van der Waals surface area contributed by atoms with Crippen molar-refractivity contribution >= 4 is 16.7 Å². The minimum Gasteiger partial charge on any atom is -0.508 e. The lowest BCUT2D eigenvalue weighted by molar-refractivity contribution is 0.475. The number of aromatic nitrogens is 2. The van der Waals surface area contributed by atoms with Gasteiger partial charge in [0.05, 0.1) is 17.1 Å². The summed E-state index contributed by atoms with van der Waals surface area (Å²) in [6.45, 7) is 2.10. The SMILES string of the molecule is CCC(Nc1ccc2[nH]c(=O)[nH]c2c1)c1ccc(O)cc1. The van der Waals surface area contributed by atoms with Crippen molar-refractivity contribution in [2.75, 3.05) is 5.32 Å². The van der Waals surface area contributed by atoms with Crippen molar-refractivity contribution < 1.29 is 5.11 Å². The monoisotopic (exact) mass is 283 g/mol. The lowest BCUT2D eigenvalue weighted by Gasteiger charge is -2.19. The van der Waals surface area contributed by atoms with Crippen molar-refractivity contribution in [3.63, 3.8) is 0 Å². The molecule has 1 atom stereocenters. The van der Waals surface area contributed by atoms with Crippen LogP contribution in [0.4, 0.5) is 5.69 Å². The predicted octanol–water partition coefficient (Wildman–Crippen LogP) is 3.13. The van der Waals surface area contributed by atoms with E-state index in [1.54, 1.807) is 12.1 Å². The van der Waals surface area contributed by atoms with Crippen molar-refractivity contribution in [3.8, 4) is 5.75 Å². The number of imidazole rings is 1. The normalized spacial score (nSPS) is 12.4. The Morgan fingerprint density at radius 1 is 1.10 bits per heavy atom. The minimum absolute atomic E-state index is 0.147. The number of aromatic hydroxyl groups is 1. The molecule has 2 aromatic carbocycles. The van der Waals surface area contributed by atoms with Gasteiger partial charge < -0.3 is 20.4 Å². The molecule has 0 bridgehead atoms. The molecule has 5 nitrogen and oxygen atoms in total. The number of benzene rings is 2. The number of H-pyrrole nitrogens is 2. The number of nitrogens with one attached hydrogen (secondary N) is 3. The maximum absolute atomic E-state index is 11.3. The Bertz CT molecular complexity index is 802. The van der Waals surface area contributed by atoms with Crippen molar-refractivity contribution in [2.24, 2.45) is 0 Å². The van der Waals surface area contributed by atoms with Crippen molar-refractivity contribution in [1.82, 2.24) is 9.97 Å². The number of aromatic amines is 2. The van der Waals surface area contributed by atoms with Crippen LogP contribution in [0.25, 0.3) is 11.0 Å². The van der Waals surface area contributed by atoms with Crippen LogP contribution in [0.5, 0.6) is 5.75 Å². The molecular formula is C16H17N3O2. The molecule has 1 aromatic heterocycles. The minimum atomic E-state index is -0.201. The lowest BCUT2D eigenvalue weighted by atomic mass is 10.0. The molecule has 4 N–H and O–H groups in total. The van der Waals surface area contributed by atoms with Crippen molar-refractivity contribution in [3.05, 3.63) is 58.5 Å². The Labute approximate surface area is 121 Å². The molecule has 0 saturated carbocycles. The molecule has 0 aliphatic rings. The van der Waals surface area contributed by atoms with E-state index in [9.17, 15) is 9.90 Å². The van der Waals surface area contributed by atoms with Crippen LogP contribution in [-0.2, 0) is 0 Å². The highest BCUT2D eigenvalue weighted by molar-refractivity contribution is 5.78. The average molecular weight is 283 g/mol. The van der Waals surface area contributed by atoms with Gasteiger partial charge in [-0.1, -0.05) is 19.1 Å². The third kappa shape index (κ3) is 2.76. The van der Waals surface area contributed by atoms with Gasteiger partial charge in [-0.15, -0.1) is 0 Å². The molecule has 0 amide bonds. The van der Waals surface area contributed by atoms with E-state index in [2.05, 4.69) is 22.2 Å². The van der Waals surface area contributed by atoms with Crippen LogP contribution in [-0.4, -0.2) is 15.1 Å². The maximum Gasteiger partial charge on any atom is 0.323 e. The molecule has 5 heteroatoms. The van der Waals surface area contributed by atoms with E-state index in [-0.39, 0.29) is 17.5 Å². The van der Waals surface area contributed by atoms with Gasteiger partial charge in [-0.05, 0) is 42.3 Å². The van der Waals surface area contributed by atoms with Crippen LogP contribution in [0.15, 0.2) is 47.3 Å². The molecule has 21 heavy (non-hydrogen) atoms. The highest BCUT2D eigenvalue weighted by Gasteiger charge is 2.10. The summed E-state index contributed by atoms with van der Waals surface area (Å²) in [5.41, 5.74) is 3.43. The first-order chi connectivity index (χ1) is 10.2. The molecule has 3 rings (SSSR count). The van der Waals surface area contributed by atoms with E-state index < -0.39 is 0 Å². The average Bonchev–Trinajstić information content (AvgIpc) is 2.85. The topological polar surface area (TPSA) is 80.9 Å². The Morgan fingerprint density at radius 3 is 2.52 bits per heavy atom. The Hall–Kier alpha value is -2.69. The molecule has 0 fully saturated rings. The summed E-state index contributed by atoms with van der Waals surface area (Å²) < 4.78 is 0. The predicted molar refractivity (Wildman–Crippen MR) is 83.7 cm³/mol. The lowest BCUT2D eigenvalue weighted by Crippen LogP contribution is -2.09. The van der Waals surface area contributed by atoms with Gasteiger partial charge in [-0.3, -0.25) is 0 Å². The maximum atomic E-state index is 11.3. The van der Waals surface area contributed by atoms with Gasteiger partial charge in [-0.25, -0.2) is 4.79 Å². The van der Waals surface area contributed by atoms with Gasteiger partial charge in [0.25, 0.3) is 0 Å². The second-order valence-corrected chi connectivity index (χ2v) is 5.04. The molecule has 0 aliphatic heterocycles. The zero-order chi connectivity index (χ0) is 14.8. The van der Waals surface area contributed by atoms with Crippen LogP contribution in [0, 0.1) is 0 Å². The van der Waals surface area contributed by atoms with Gasteiger partial charge in [0.1, 0.15) is 5.75 Å². The van der Waals surface area contributed by atoms with E-state index in [1.165, 1.54) is 0 Å². The van der Waals surface area contributed by atoms with E-state index in [0.29, 0.717) is 0 Å². The number of phenols is 1. The van der Waals surface area contributed by atoms with Crippen molar-refractivity contribution in [1.29, 1.82) is 0 Å². The van der Waals surface area contributed by atoms with Gasteiger partial charge in [0.15, 0.2) is 0 Å². The Morgan fingerprint density at radius 2 is 1.81 bits per heavy atom. The van der Waals surface area contributed by atoms with Crippen LogP contribution in [0.2, 0.25) is 0 Å². The molecule has 1 unspecified atom stereocenters. The first-order valence-electron chi connectivity index (χ1n) is 6.93. The number of hydrogen-bond acceptors (Lipinski definition) is 3. The number of rotatable bonds is 4. The molecule has 0 aliphatic carbocycles. The quantitative estimate of drug-likeness (QED) is 0.594. The van der Waals surface area contributed by atoms with E-state index in [4.69, 9.17) is 0 Å². The van der Waals surface area contributed by atoms with Gasteiger partial charge >= 0.3 is 5.69 Å². The Balaban J connectivity index is 1.87. The first kappa shape index (κ1) is 13.3. The number of anilines is 1. The fourth-order valence-corrected chi connectivity index (χ4v) is 2.45. The number of phenolic OH excluding ortho intramolecular Hbond substituents is 1. The number of hydrogen-bond donors (Lipinski definition) is 4. The summed E-state index contributed by atoms with van der Waals surface area (Å²) >= 11 is 0. The van der Waals surface area contributed by atoms with Gasteiger partial charge in [-0.2, -0.15) is 0 Å². The van der Waals surface area contributed by atoms with Crippen LogP contribution >= 0.6 is 0 Å². The fraction of sp³-hybridized carbons (Fsp3) is 0.188. The van der Waals surface area contributed by atoms with E-state index in [1.807, 2.05) is 30.3 Å². The third-order valence-corrected chi connectivity index (χ3v) is 3.56. The van der Waals surface area contributed by atoms with E-state index >= 15 is 0 Å².